The van der Waals surface area contributed by atoms with Gasteiger partial charge in [-0.15, -0.1) is 0 Å². The van der Waals surface area contributed by atoms with E-state index in [0.29, 0.717) is 22.8 Å². The Balaban J connectivity index is 1.65. The van der Waals surface area contributed by atoms with Crippen LogP contribution < -0.4 is 0 Å². The number of carbonyl (C=O) groups is 2. The molecule has 5 rings (SSSR count). The second kappa shape index (κ2) is 5.61. The molecule has 0 heterocycles. The van der Waals surface area contributed by atoms with Gasteiger partial charge < -0.3 is 10.2 Å². The summed E-state index contributed by atoms with van der Waals surface area (Å²) in [5, 5.41) is 18.4. The molecule has 4 heteroatoms. The number of carboxylic acids is 2. The Bertz CT molecular complexity index is 861. The highest BCUT2D eigenvalue weighted by molar-refractivity contribution is 6.01. The van der Waals surface area contributed by atoms with Crippen LogP contribution in [0.1, 0.15) is 72.2 Å². The van der Waals surface area contributed by atoms with Gasteiger partial charge >= 0.3 is 11.9 Å². The normalized spacial score (nSPS) is 37.1. The van der Waals surface area contributed by atoms with Crippen LogP contribution in [-0.2, 0) is 0 Å². The molecule has 0 aromatic heterocycles. The van der Waals surface area contributed by atoms with Gasteiger partial charge in [0.1, 0.15) is 0 Å². The Morgan fingerprint density at radius 2 is 1.81 bits per heavy atom. The molecule has 4 aliphatic rings. The van der Waals surface area contributed by atoms with E-state index in [1.165, 1.54) is 44.2 Å². The largest absolute Gasteiger partial charge is 0.478 e. The second-order valence-corrected chi connectivity index (χ2v) is 9.23. The maximum Gasteiger partial charge on any atom is 0.336 e. The number of carboxylic acid groups (broad SMARTS) is 2. The number of hydrogen-bond acceptors (Lipinski definition) is 2. The van der Waals surface area contributed by atoms with Crippen molar-refractivity contribution < 1.29 is 19.8 Å². The van der Waals surface area contributed by atoms with E-state index in [1.54, 1.807) is 6.07 Å². The van der Waals surface area contributed by atoms with Crippen LogP contribution in [0.3, 0.4) is 0 Å². The number of rotatable bonds is 2. The minimum atomic E-state index is -1.24. The van der Waals surface area contributed by atoms with E-state index in [-0.39, 0.29) is 16.5 Å². The molecule has 2 N–H and O–H groups in total. The topological polar surface area (TPSA) is 74.6 Å². The molecular weight excluding hydrogens is 328 g/mol. The quantitative estimate of drug-likeness (QED) is 0.779. The van der Waals surface area contributed by atoms with Crippen molar-refractivity contribution >= 4 is 11.9 Å². The summed E-state index contributed by atoms with van der Waals surface area (Å²) in [7, 11) is 0. The third-order valence-corrected chi connectivity index (χ3v) is 6.83. The summed E-state index contributed by atoms with van der Waals surface area (Å²) < 4.78 is 0. The lowest BCUT2D eigenvalue weighted by atomic mass is 9.41. The lowest BCUT2D eigenvalue weighted by molar-refractivity contribution is -0.120. The Kier molecular flexibility index (Phi) is 3.70. The highest BCUT2D eigenvalue weighted by Gasteiger charge is 2.58. The number of hydrogen-bond donors (Lipinski definition) is 2. The van der Waals surface area contributed by atoms with Crippen LogP contribution in [0.2, 0.25) is 0 Å². The first kappa shape index (κ1) is 17.1. The highest BCUT2D eigenvalue weighted by atomic mass is 16.4. The Labute approximate surface area is 153 Å². The van der Waals surface area contributed by atoms with Crippen LogP contribution in [0.5, 0.6) is 0 Å². The summed E-state index contributed by atoms with van der Waals surface area (Å²) in [5.41, 5.74) is 0.905. The van der Waals surface area contributed by atoms with Gasteiger partial charge in [-0.05, 0) is 73.0 Å². The monoisotopic (exact) mass is 352 g/mol. The first-order chi connectivity index (χ1) is 12.2. The smallest absolute Gasteiger partial charge is 0.336 e. The molecule has 0 amide bonds. The van der Waals surface area contributed by atoms with Crippen molar-refractivity contribution in [1.82, 2.24) is 0 Å². The van der Waals surface area contributed by atoms with Gasteiger partial charge in [0.05, 0.1) is 11.1 Å². The fourth-order valence-corrected chi connectivity index (χ4v) is 6.51. The van der Waals surface area contributed by atoms with Crippen molar-refractivity contribution in [2.75, 3.05) is 0 Å². The van der Waals surface area contributed by atoms with E-state index < -0.39 is 11.9 Å². The first-order valence-electron chi connectivity index (χ1n) is 9.31. The number of benzene rings is 1. The standard InChI is InChI=1S/C22H24O4/c1-21-9-14-7-15(11-21)18(22(2,10-14)12-21)6-4-13-3-5-16(19(23)24)17(8-13)20(25)26/h3,5,8,14-15,18H,7,9-12H2,1-2H3,(H,23,24)(H,25,26). The molecule has 4 bridgehead atoms. The molecule has 1 aromatic rings. The van der Waals surface area contributed by atoms with Crippen LogP contribution in [-0.4, -0.2) is 22.2 Å². The molecule has 5 atom stereocenters. The zero-order valence-corrected chi connectivity index (χ0v) is 15.2. The Hall–Kier alpha value is -2.28. The lowest BCUT2D eigenvalue weighted by Gasteiger charge is -2.63. The van der Waals surface area contributed by atoms with Crippen LogP contribution >= 0.6 is 0 Å². The van der Waals surface area contributed by atoms with Gasteiger partial charge in [0.2, 0.25) is 0 Å². The van der Waals surface area contributed by atoms with Gasteiger partial charge in [0, 0.05) is 11.5 Å². The predicted molar refractivity (Wildman–Crippen MR) is 97.0 cm³/mol. The summed E-state index contributed by atoms with van der Waals surface area (Å²) in [4.78, 5) is 22.5. The molecule has 5 unspecified atom stereocenters. The fourth-order valence-electron chi connectivity index (χ4n) is 6.51. The molecule has 4 aliphatic carbocycles. The van der Waals surface area contributed by atoms with Crippen molar-refractivity contribution in [3.05, 3.63) is 34.9 Å². The van der Waals surface area contributed by atoms with Gasteiger partial charge in [-0.2, -0.15) is 0 Å². The van der Waals surface area contributed by atoms with Gasteiger partial charge in [-0.3, -0.25) is 0 Å². The van der Waals surface area contributed by atoms with Gasteiger partial charge in [0.25, 0.3) is 0 Å². The zero-order valence-electron chi connectivity index (χ0n) is 15.2. The SMILES string of the molecule is CC12CC3CC(C1)C(C#Cc1ccc(C(=O)O)c(C(=O)O)c1)C(C)(C3)C2. The molecule has 0 aliphatic heterocycles. The number of aromatic carboxylic acids is 2. The van der Waals surface area contributed by atoms with Gasteiger partial charge in [-0.25, -0.2) is 9.59 Å². The van der Waals surface area contributed by atoms with Gasteiger partial charge in [0.15, 0.2) is 0 Å². The molecular formula is C22H24O4. The van der Waals surface area contributed by atoms with Crippen molar-refractivity contribution in [1.29, 1.82) is 0 Å². The van der Waals surface area contributed by atoms with Crippen LogP contribution in [0.4, 0.5) is 0 Å². The maximum atomic E-state index is 11.4. The fraction of sp³-hybridized carbons (Fsp3) is 0.545. The molecule has 1 aromatic carbocycles. The van der Waals surface area contributed by atoms with E-state index in [0.717, 1.165) is 5.92 Å². The van der Waals surface area contributed by atoms with Crippen molar-refractivity contribution in [3.63, 3.8) is 0 Å². The maximum absolute atomic E-state index is 11.4. The van der Waals surface area contributed by atoms with Crippen LogP contribution in [0, 0.1) is 40.4 Å². The molecule has 0 saturated heterocycles. The molecule has 4 saturated carbocycles. The Morgan fingerprint density at radius 1 is 1.08 bits per heavy atom. The summed E-state index contributed by atoms with van der Waals surface area (Å²) in [6.07, 6.45) is 6.35. The van der Waals surface area contributed by atoms with Crippen molar-refractivity contribution in [2.24, 2.45) is 28.6 Å². The van der Waals surface area contributed by atoms with E-state index in [9.17, 15) is 14.7 Å². The van der Waals surface area contributed by atoms with Crippen molar-refractivity contribution in [3.8, 4) is 11.8 Å². The minimum Gasteiger partial charge on any atom is -0.478 e. The van der Waals surface area contributed by atoms with E-state index in [1.807, 2.05) is 0 Å². The molecule has 136 valence electrons. The summed E-state index contributed by atoms with van der Waals surface area (Å²) >= 11 is 0. The average molecular weight is 352 g/mol. The van der Waals surface area contributed by atoms with E-state index >= 15 is 0 Å². The molecule has 26 heavy (non-hydrogen) atoms. The molecule has 4 fully saturated rings. The first-order valence-corrected chi connectivity index (χ1v) is 9.31. The summed E-state index contributed by atoms with van der Waals surface area (Å²) in [6.45, 7) is 4.80. The second-order valence-electron chi connectivity index (χ2n) is 9.23. The molecule has 0 spiro atoms. The predicted octanol–water partition coefficient (Wildman–Crippen LogP) is 4.29. The summed E-state index contributed by atoms with van der Waals surface area (Å²) in [6, 6.07) is 4.34. The third kappa shape index (κ3) is 2.70. The van der Waals surface area contributed by atoms with Crippen LogP contribution in [0.25, 0.3) is 0 Å². The van der Waals surface area contributed by atoms with Crippen LogP contribution in [0.15, 0.2) is 18.2 Å². The zero-order chi connectivity index (χ0) is 18.7. The molecule has 4 nitrogen and oxygen atoms in total. The summed E-state index contributed by atoms with van der Waals surface area (Å²) in [5.74, 6) is 5.98. The molecule has 0 radical (unpaired) electrons. The third-order valence-electron chi connectivity index (χ3n) is 6.83. The lowest BCUT2D eigenvalue weighted by Crippen LogP contribution is -2.54. The van der Waals surface area contributed by atoms with Crippen molar-refractivity contribution in [2.45, 2.75) is 46.0 Å². The van der Waals surface area contributed by atoms with E-state index in [4.69, 9.17) is 5.11 Å². The highest BCUT2D eigenvalue weighted by Crippen LogP contribution is 2.67. The minimum absolute atomic E-state index is 0.197. The Morgan fingerprint density at radius 3 is 2.42 bits per heavy atom. The average Bonchev–Trinajstić information content (AvgIpc) is 2.51. The van der Waals surface area contributed by atoms with E-state index in [2.05, 4.69) is 25.7 Å². The van der Waals surface area contributed by atoms with Gasteiger partial charge in [-0.1, -0.05) is 25.7 Å².